The zero-order valence-electron chi connectivity index (χ0n) is 11.1. The largest absolute Gasteiger partial charge is 0.368 e. The highest BCUT2D eigenvalue weighted by atomic mass is 16.5. The topological polar surface area (TPSA) is 43.2 Å². The summed E-state index contributed by atoms with van der Waals surface area (Å²) in [6.07, 6.45) is 7.38. The third kappa shape index (κ3) is 2.29. The van der Waals surface area contributed by atoms with Gasteiger partial charge in [0, 0.05) is 25.7 Å². The van der Waals surface area contributed by atoms with Crippen molar-refractivity contribution in [1.29, 1.82) is 0 Å². The number of aromatic nitrogens is 3. The van der Waals surface area contributed by atoms with Crippen LogP contribution in [0.3, 0.4) is 0 Å². The monoisotopic (exact) mass is 250 g/mol. The van der Waals surface area contributed by atoms with Gasteiger partial charge in [-0.15, -0.1) is 10.2 Å². The molecule has 1 aliphatic carbocycles. The molecule has 5 heteroatoms. The molecule has 2 fully saturated rings. The molecule has 100 valence electrons. The summed E-state index contributed by atoms with van der Waals surface area (Å²) in [6, 6.07) is 0.773. The van der Waals surface area contributed by atoms with Crippen molar-refractivity contribution in [3.63, 3.8) is 0 Å². The Balaban J connectivity index is 1.69. The first kappa shape index (κ1) is 12.1. The van der Waals surface area contributed by atoms with Gasteiger partial charge in [-0.3, -0.25) is 4.90 Å². The summed E-state index contributed by atoms with van der Waals surface area (Å²) in [6.45, 7) is 5.89. The van der Waals surface area contributed by atoms with E-state index in [0.717, 1.165) is 38.1 Å². The minimum atomic E-state index is 0.0989. The van der Waals surface area contributed by atoms with E-state index < -0.39 is 0 Å². The molecule has 1 saturated heterocycles. The molecule has 0 spiro atoms. The molecule has 1 atom stereocenters. The Bertz CT molecular complexity index is 386. The fourth-order valence-electron chi connectivity index (χ4n) is 3.18. The summed E-state index contributed by atoms with van der Waals surface area (Å²) < 4.78 is 7.98. The molecule has 0 N–H and O–H groups in total. The van der Waals surface area contributed by atoms with Crippen LogP contribution in [0.15, 0.2) is 6.33 Å². The molecule has 0 unspecified atom stereocenters. The van der Waals surface area contributed by atoms with Crippen molar-refractivity contribution in [1.82, 2.24) is 19.7 Å². The van der Waals surface area contributed by atoms with Crippen LogP contribution in [0.4, 0.5) is 0 Å². The van der Waals surface area contributed by atoms with E-state index in [1.807, 2.05) is 0 Å². The third-order valence-electron chi connectivity index (χ3n) is 4.21. The van der Waals surface area contributed by atoms with E-state index >= 15 is 0 Å². The van der Waals surface area contributed by atoms with E-state index in [9.17, 15) is 0 Å². The molecule has 18 heavy (non-hydrogen) atoms. The maximum atomic E-state index is 5.89. The Kier molecular flexibility index (Phi) is 3.61. The minimum absolute atomic E-state index is 0.0989. The SMILES string of the molecule is CCn1cnnc1[C@H]1CN(C2CCCC2)CCO1. The van der Waals surface area contributed by atoms with Crippen molar-refractivity contribution in [2.24, 2.45) is 0 Å². The van der Waals surface area contributed by atoms with Gasteiger partial charge in [0.1, 0.15) is 12.4 Å². The van der Waals surface area contributed by atoms with Gasteiger partial charge in [0.05, 0.1) is 6.61 Å². The predicted molar refractivity (Wildman–Crippen MR) is 68.2 cm³/mol. The molecule has 0 amide bonds. The minimum Gasteiger partial charge on any atom is -0.368 e. The lowest BCUT2D eigenvalue weighted by Crippen LogP contribution is -2.44. The molecule has 1 aliphatic heterocycles. The second-order valence-corrected chi connectivity index (χ2v) is 5.27. The maximum absolute atomic E-state index is 5.89. The third-order valence-corrected chi connectivity index (χ3v) is 4.21. The van der Waals surface area contributed by atoms with E-state index in [0.29, 0.717) is 0 Å². The number of hydrogen-bond donors (Lipinski definition) is 0. The predicted octanol–water partition coefficient (Wildman–Crippen LogP) is 1.61. The van der Waals surface area contributed by atoms with Crippen LogP contribution >= 0.6 is 0 Å². The highest BCUT2D eigenvalue weighted by molar-refractivity contribution is 4.96. The summed E-state index contributed by atoms with van der Waals surface area (Å²) >= 11 is 0. The highest BCUT2D eigenvalue weighted by Crippen LogP contribution is 2.28. The van der Waals surface area contributed by atoms with Gasteiger partial charge in [-0.25, -0.2) is 0 Å². The van der Waals surface area contributed by atoms with Crippen molar-refractivity contribution in [3.05, 3.63) is 12.2 Å². The van der Waals surface area contributed by atoms with Crippen LogP contribution in [0.25, 0.3) is 0 Å². The van der Waals surface area contributed by atoms with E-state index in [1.165, 1.54) is 25.7 Å². The Morgan fingerprint density at radius 2 is 2.22 bits per heavy atom. The summed E-state index contributed by atoms with van der Waals surface area (Å²) in [7, 11) is 0. The second kappa shape index (κ2) is 5.36. The van der Waals surface area contributed by atoms with E-state index in [1.54, 1.807) is 6.33 Å². The van der Waals surface area contributed by atoms with Gasteiger partial charge in [-0.2, -0.15) is 0 Å². The van der Waals surface area contributed by atoms with Gasteiger partial charge in [-0.1, -0.05) is 12.8 Å². The lowest BCUT2D eigenvalue weighted by atomic mass is 10.1. The van der Waals surface area contributed by atoms with Crippen LogP contribution in [0.1, 0.15) is 44.5 Å². The summed E-state index contributed by atoms with van der Waals surface area (Å²) in [5.74, 6) is 0.986. The van der Waals surface area contributed by atoms with Gasteiger partial charge in [0.15, 0.2) is 5.82 Å². The van der Waals surface area contributed by atoms with Gasteiger partial charge >= 0.3 is 0 Å². The van der Waals surface area contributed by atoms with Crippen molar-refractivity contribution in [2.45, 2.75) is 51.3 Å². The number of morpholine rings is 1. The number of aryl methyl sites for hydroxylation is 1. The molecule has 0 bridgehead atoms. The Morgan fingerprint density at radius 1 is 1.39 bits per heavy atom. The molecule has 2 aliphatic rings. The highest BCUT2D eigenvalue weighted by Gasteiger charge is 2.31. The van der Waals surface area contributed by atoms with Gasteiger partial charge in [0.2, 0.25) is 0 Å². The van der Waals surface area contributed by atoms with Gasteiger partial charge in [-0.05, 0) is 19.8 Å². The van der Waals surface area contributed by atoms with Gasteiger partial charge < -0.3 is 9.30 Å². The first-order chi connectivity index (χ1) is 8.88. The standard InChI is InChI=1S/C13H22N4O/c1-2-16-10-14-15-13(16)12-9-17(7-8-18-12)11-5-3-4-6-11/h10-12H,2-9H2,1H3/t12-/m1/s1. The van der Waals surface area contributed by atoms with E-state index in [4.69, 9.17) is 4.74 Å². The van der Waals surface area contributed by atoms with Crippen LogP contribution in [-0.4, -0.2) is 45.4 Å². The molecular formula is C13H22N4O. The summed E-state index contributed by atoms with van der Waals surface area (Å²) in [5, 5.41) is 8.24. The smallest absolute Gasteiger partial charge is 0.163 e. The van der Waals surface area contributed by atoms with E-state index in [-0.39, 0.29) is 6.10 Å². The Hall–Kier alpha value is -0.940. The molecule has 5 nitrogen and oxygen atoms in total. The lowest BCUT2D eigenvalue weighted by Gasteiger charge is -2.36. The molecular weight excluding hydrogens is 228 g/mol. The molecule has 0 aromatic carbocycles. The Morgan fingerprint density at radius 3 is 3.00 bits per heavy atom. The molecule has 1 aromatic rings. The normalized spacial score (nSPS) is 26.8. The fourth-order valence-corrected chi connectivity index (χ4v) is 3.18. The van der Waals surface area contributed by atoms with Crippen molar-refractivity contribution >= 4 is 0 Å². The average molecular weight is 250 g/mol. The zero-order valence-corrected chi connectivity index (χ0v) is 11.1. The van der Waals surface area contributed by atoms with Crippen LogP contribution < -0.4 is 0 Å². The summed E-state index contributed by atoms with van der Waals surface area (Å²) in [5.41, 5.74) is 0. The number of rotatable bonds is 3. The quantitative estimate of drug-likeness (QED) is 0.817. The van der Waals surface area contributed by atoms with E-state index in [2.05, 4.69) is 26.6 Å². The molecule has 1 aromatic heterocycles. The van der Waals surface area contributed by atoms with Crippen molar-refractivity contribution in [2.75, 3.05) is 19.7 Å². The maximum Gasteiger partial charge on any atom is 0.163 e. The second-order valence-electron chi connectivity index (χ2n) is 5.27. The molecule has 3 rings (SSSR count). The fraction of sp³-hybridized carbons (Fsp3) is 0.846. The number of nitrogens with zero attached hydrogens (tertiary/aromatic N) is 4. The lowest BCUT2D eigenvalue weighted by molar-refractivity contribution is -0.0495. The summed E-state index contributed by atoms with van der Waals surface area (Å²) in [4.78, 5) is 2.59. The van der Waals surface area contributed by atoms with Crippen LogP contribution in [0.2, 0.25) is 0 Å². The molecule has 2 heterocycles. The zero-order chi connectivity index (χ0) is 12.4. The van der Waals surface area contributed by atoms with Crippen molar-refractivity contribution < 1.29 is 4.74 Å². The van der Waals surface area contributed by atoms with Gasteiger partial charge in [0.25, 0.3) is 0 Å². The first-order valence-electron chi connectivity index (χ1n) is 7.12. The average Bonchev–Trinajstić information content (AvgIpc) is 3.10. The van der Waals surface area contributed by atoms with Crippen LogP contribution in [-0.2, 0) is 11.3 Å². The first-order valence-corrected chi connectivity index (χ1v) is 7.12. The molecule has 0 radical (unpaired) electrons. The Labute approximate surface area is 108 Å². The molecule has 1 saturated carbocycles. The van der Waals surface area contributed by atoms with Crippen LogP contribution in [0, 0.1) is 0 Å². The van der Waals surface area contributed by atoms with Crippen LogP contribution in [0.5, 0.6) is 0 Å². The number of hydrogen-bond acceptors (Lipinski definition) is 4. The van der Waals surface area contributed by atoms with Crippen molar-refractivity contribution in [3.8, 4) is 0 Å². The number of ether oxygens (including phenoxy) is 1.